The molecule has 33 heavy (non-hydrogen) atoms. The van der Waals surface area contributed by atoms with Gasteiger partial charge in [0.1, 0.15) is 23.5 Å². The first-order valence-electron chi connectivity index (χ1n) is 10.9. The first-order chi connectivity index (χ1) is 15.9. The number of aryl methyl sites for hydroxylation is 1. The molecule has 0 saturated carbocycles. The van der Waals surface area contributed by atoms with E-state index in [1.165, 1.54) is 22.9 Å². The second kappa shape index (κ2) is 10.4. The molecule has 2 atom stereocenters. The highest BCUT2D eigenvalue weighted by Gasteiger charge is 2.30. The molecule has 1 aliphatic rings. The van der Waals surface area contributed by atoms with Crippen LogP contribution in [-0.2, 0) is 11.2 Å². The molecule has 0 spiro atoms. The van der Waals surface area contributed by atoms with Crippen LogP contribution in [0.1, 0.15) is 41.9 Å². The van der Waals surface area contributed by atoms with Crippen LogP contribution in [0.4, 0.5) is 8.78 Å². The lowest BCUT2D eigenvalue weighted by Crippen LogP contribution is -2.41. The summed E-state index contributed by atoms with van der Waals surface area (Å²) in [6.45, 7) is 3.45. The summed E-state index contributed by atoms with van der Waals surface area (Å²) in [5, 5.41) is 14.8. The molecule has 4 rings (SSSR count). The number of carbonyl (C=O) groups is 1. The van der Waals surface area contributed by atoms with Crippen LogP contribution >= 0.6 is 11.6 Å². The van der Waals surface area contributed by atoms with E-state index < -0.39 is 17.9 Å². The number of halogens is 3. The molecular formula is C23H25ClF2N6O. The van der Waals surface area contributed by atoms with Gasteiger partial charge in [-0.3, -0.25) is 9.69 Å². The molecule has 0 aliphatic carbocycles. The van der Waals surface area contributed by atoms with Gasteiger partial charge in [-0.2, -0.15) is 0 Å². The van der Waals surface area contributed by atoms with Crippen molar-refractivity contribution in [1.29, 1.82) is 0 Å². The van der Waals surface area contributed by atoms with Crippen molar-refractivity contribution in [3.05, 3.63) is 76.1 Å². The summed E-state index contributed by atoms with van der Waals surface area (Å²) < 4.78 is 29.9. The van der Waals surface area contributed by atoms with Gasteiger partial charge in [0.2, 0.25) is 5.91 Å². The maximum atomic E-state index is 14.7. The van der Waals surface area contributed by atoms with Crippen LogP contribution in [0.2, 0.25) is 5.02 Å². The Bertz CT molecular complexity index is 1100. The van der Waals surface area contributed by atoms with Crippen molar-refractivity contribution < 1.29 is 13.6 Å². The van der Waals surface area contributed by atoms with Crippen molar-refractivity contribution in [2.45, 2.75) is 38.3 Å². The molecule has 1 saturated heterocycles. The van der Waals surface area contributed by atoms with E-state index in [1.54, 1.807) is 31.2 Å². The maximum Gasteiger partial charge on any atom is 0.245 e. The normalized spacial score (nSPS) is 16.0. The van der Waals surface area contributed by atoms with Gasteiger partial charge >= 0.3 is 0 Å². The average Bonchev–Trinajstić information content (AvgIpc) is 3.46. The number of carbonyl (C=O) groups excluding carboxylic acids is 1. The van der Waals surface area contributed by atoms with E-state index in [9.17, 15) is 13.6 Å². The summed E-state index contributed by atoms with van der Waals surface area (Å²) in [5.74, 6) is -0.671. The van der Waals surface area contributed by atoms with Crippen LogP contribution in [0, 0.1) is 18.6 Å². The molecule has 1 aromatic heterocycles. The third-order valence-electron chi connectivity index (χ3n) is 5.96. The second-order valence-electron chi connectivity index (χ2n) is 8.16. The quantitative estimate of drug-likeness (QED) is 0.539. The maximum absolute atomic E-state index is 14.7. The molecule has 174 valence electrons. The van der Waals surface area contributed by atoms with Gasteiger partial charge in [0, 0.05) is 23.6 Å². The number of likely N-dealkylation sites (tertiary alicyclic amines) is 1. The van der Waals surface area contributed by atoms with Crippen LogP contribution in [0.25, 0.3) is 0 Å². The summed E-state index contributed by atoms with van der Waals surface area (Å²) in [7, 11) is 0. The fraction of sp³-hybridized carbons (Fsp3) is 0.391. The Morgan fingerprint density at radius 1 is 1.18 bits per heavy atom. The van der Waals surface area contributed by atoms with Gasteiger partial charge in [-0.05, 0) is 73.1 Å². The highest BCUT2D eigenvalue weighted by atomic mass is 35.5. The number of tetrazole rings is 1. The number of nitrogens with one attached hydrogen (secondary N) is 1. The molecule has 1 fully saturated rings. The summed E-state index contributed by atoms with van der Waals surface area (Å²) in [6.07, 6.45) is 2.20. The Hall–Kier alpha value is -2.91. The number of nitrogens with zero attached hydrogens (tertiary/aromatic N) is 5. The van der Waals surface area contributed by atoms with E-state index in [0.717, 1.165) is 25.9 Å². The summed E-state index contributed by atoms with van der Waals surface area (Å²) in [6, 6.07) is 9.46. The second-order valence-corrected chi connectivity index (χ2v) is 8.57. The molecule has 7 nitrogen and oxygen atoms in total. The predicted molar refractivity (Wildman–Crippen MR) is 120 cm³/mol. The Kier molecular flexibility index (Phi) is 7.29. The monoisotopic (exact) mass is 474 g/mol. The highest BCUT2D eigenvalue weighted by molar-refractivity contribution is 6.31. The smallest absolute Gasteiger partial charge is 0.245 e. The zero-order valence-corrected chi connectivity index (χ0v) is 19.0. The molecule has 0 bridgehead atoms. The predicted octanol–water partition coefficient (Wildman–Crippen LogP) is 3.65. The number of amides is 1. The van der Waals surface area contributed by atoms with E-state index in [1.807, 2.05) is 0 Å². The van der Waals surface area contributed by atoms with Gasteiger partial charge in [0.25, 0.3) is 0 Å². The Labute approximate surface area is 195 Å². The van der Waals surface area contributed by atoms with Crippen molar-refractivity contribution >= 4 is 17.5 Å². The fourth-order valence-electron chi connectivity index (χ4n) is 4.31. The van der Waals surface area contributed by atoms with Crippen molar-refractivity contribution in [2.75, 3.05) is 19.6 Å². The first-order valence-corrected chi connectivity index (χ1v) is 11.3. The molecule has 2 unspecified atom stereocenters. The highest BCUT2D eigenvalue weighted by Crippen LogP contribution is 2.32. The third kappa shape index (κ3) is 5.36. The Balaban J connectivity index is 1.57. The first kappa shape index (κ1) is 23.3. The molecule has 1 aliphatic heterocycles. The largest absolute Gasteiger partial charge is 0.352 e. The van der Waals surface area contributed by atoms with Crippen molar-refractivity contribution in [3.63, 3.8) is 0 Å². The van der Waals surface area contributed by atoms with Gasteiger partial charge in [-0.25, -0.2) is 13.5 Å². The van der Waals surface area contributed by atoms with Gasteiger partial charge in [0.05, 0.1) is 6.04 Å². The van der Waals surface area contributed by atoms with Gasteiger partial charge in [0.15, 0.2) is 0 Å². The molecule has 2 aromatic carbocycles. The number of rotatable bonds is 8. The lowest BCUT2D eigenvalue weighted by atomic mass is 10.0. The summed E-state index contributed by atoms with van der Waals surface area (Å²) in [5.41, 5.74) is 1.01. The minimum Gasteiger partial charge on any atom is -0.352 e. The molecule has 3 aromatic rings. The van der Waals surface area contributed by atoms with Crippen molar-refractivity contribution in [1.82, 2.24) is 30.4 Å². The number of benzene rings is 2. The van der Waals surface area contributed by atoms with E-state index in [4.69, 9.17) is 11.6 Å². The van der Waals surface area contributed by atoms with Gasteiger partial charge in [-0.1, -0.05) is 29.8 Å². The van der Waals surface area contributed by atoms with E-state index in [2.05, 4.69) is 25.7 Å². The molecule has 0 radical (unpaired) electrons. The summed E-state index contributed by atoms with van der Waals surface area (Å²) in [4.78, 5) is 15.5. The topological polar surface area (TPSA) is 75.9 Å². The number of aromatic nitrogens is 4. The standard InChI is InChI=1S/C23H25ClF2N6O/c1-15-28-29-30-32(15)20(13-16-6-4-7-17(25)12-16)23(33)27-14-21(31-10-2-3-11-31)22-18(24)8-5-9-19(22)26/h4-9,12,20-21H,2-3,10-11,13-14H2,1H3,(H,27,33). The Morgan fingerprint density at radius 3 is 2.61 bits per heavy atom. The van der Waals surface area contributed by atoms with Crippen molar-refractivity contribution in [2.24, 2.45) is 0 Å². The fourth-order valence-corrected chi connectivity index (χ4v) is 4.60. The number of hydrogen-bond donors (Lipinski definition) is 1. The van der Waals surface area contributed by atoms with Crippen LogP contribution < -0.4 is 5.32 Å². The lowest BCUT2D eigenvalue weighted by Gasteiger charge is -2.30. The van der Waals surface area contributed by atoms with Gasteiger partial charge < -0.3 is 5.32 Å². The Morgan fingerprint density at radius 2 is 1.94 bits per heavy atom. The third-order valence-corrected chi connectivity index (χ3v) is 6.29. The molecule has 10 heteroatoms. The molecule has 1 N–H and O–H groups in total. The molecule has 2 heterocycles. The summed E-state index contributed by atoms with van der Waals surface area (Å²) >= 11 is 6.36. The average molecular weight is 475 g/mol. The molecule has 1 amide bonds. The minimum atomic E-state index is -0.794. The van der Waals surface area contributed by atoms with Crippen LogP contribution in [-0.4, -0.2) is 50.6 Å². The molecular weight excluding hydrogens is 450 g/mol. The SMILES string of the molecule is Cc1nnnn1C(Cc1cccc(F)c1)C(=O)NCC(c1c(F)cccc1Cl)N1CCCC1. The lowest BCUT2D eigenvalue weighted by molar-refractivity contribution is -0.125. The van der Waals surface area contributed by atoms with Crippen LogP contribution in [0.15, 0.2) is 42.5 Å². The van der Waals surface area contributed by atoms with Crippen LogP contribution in [0.5, 0.6) is 0 Å². The number of hydrogen-bond acceptors (Lipinski definition) is 5. The van der Waals surface area contributed by atoms with Gasteiger partial charge in [-0.15, -0.1) is 5.10 Å². The van der Waals surface area contributed by atoms with Crippen molar-refractivity contribution in [3.8, 4) is 0 Å². The van der Waals surface area contributed by atoms with E-state index >= 15 is 0 Å². The van der Waals surface area contributed by atoms with Crippen LogP contribution in [0.3, 0.4) is 0 Å². The minimum absolute atomic E-state index is 0.167. The zero-order chi connectivity index (χ0) is 23.4. The van der Waals surface area contributed by atoms with E-state index in [0.29, 0.717) is 22.0 Å². The zero-order valence-electron chi connectivity index (χ0n) is 18.2. The van der Waals surface area contributed by atoms with E-state index in [-0.39, 0.29) is 24.7 Å².